The van der Waals surface area contributed by atoms with Gasteiger partial charge in [-0.2, -0.15) is 0 Å². The molecule has 6 heteroatoms. The summed E-state index contributed by atoms with van der Waals surface area (Å²) in [5, 5.41) is 0. The van der Waals surface area contributed by atoms with E-state index >= 15 is 0 Å². The molecule has 0 amide bonds. The van der Waals surface area contributed by atoms with Gasteiger partial charge < -0.3 is 14.2 Å². The van der Waals surface area contributed by atoms with Crippen LogP contribution in [0.3, 0.4) is 0 Å². The molecule has 3 atom stereocenters. The molecule has 0 saturated heterocycles. The van der Waals surface area contributed by atoms with Crippen molar-refractivity contribution in [2.24, 2.45) is 16.7 Å². The molecule has 0 aromatic rings. The molecular formula is C14H20O6. The van der Waals surface area contributed by atoms with E-state index in [0.29, 0.717) is 6.42 Å². The van der Waals surface area contributed by atoms with Crippen molar-refractivity contribution in [1.29, 1.82) is 0 Å². The second-order valence-electron chi connectivity index (χ2n) is 5.29. The number of allylic oxidation sites excluding steroid dienone is 2. The summed E-state index contributed by atoms with van der Waals surface area (Å²) in [6, 6.07) is 0. The molecule has 0 N–H and O–H groups in total. The van der Waals surface area contributed by atoms with Crippen LogP contribution < -0.4 is 0 Å². The van der Waals surface area contributed by atoms with E-state index in [-0.39, 0.29) is 5.92 Å². The molecule has 6 nitrogen and oxygen atoms in total. The van der Waals surface area contributed by atoms with Gasteiger partial charge in [0.05, 0.1) is 25.0 Å². The van der Waals surface area contributed by atoms with E-state index in [4.69, 9.17) is 4.74 Å². The number of rotatable bonds is 2. The minimum absolute atomic E-state index is 0.294. The average molecular weight is 284 g/mol. The second-order valence-corrected chi connectivity index (χ2v) is 5.29. The molecule has 112 valence electrons. The number of hydrogen-bond donors (Lipinski definition) is 0. The highest BCUT2D eigenvalue weighted by atomic mass is 16.7. The third-order valence-corrected chi connectivity index (χ3v) is 4.41. The Balaban J connectivity index is 3.24. The van der Waals surface area contributed by atoms with Gasteiger partial charge in [0.15, 0.2) is 0 Å². The predicted molar refractivity (Wildman–Crippen MR) is 69.6 cm³/mol. The maximum atomic E-state index is 12.4. The molecule has 1 aliphatic carbocycles. The molecule has 1 rings (SSSR count). The minimum Gasteiger partial charge on any atom is -0.469 e. The summed E-state index contributed by atoms with van der Waals surface area (Å²) in [6.07, 6.45) is 2.89. The lowest BCUT2D eigenvalue weighted by atomic mass is 9.55. The first-order chi connectivity index (χ1) is 9.23. The standard InChI is InChI=1S/C14H20O6/c1-9-7-6-8-13(2,10(15)18-4)14(9,3)11(16)20-12(17)19-5/h6-7,9H,8H2,1-5H3. The Morgan fingerprint density at radius 1 is 1.10 bits per heavy atom. The van der Waals surface area contributed by atoms with Crippen LogP contribution in [0.1, 0.15) is 27.2 Å². The third kappa shape index (κ3) is 2.30. The lowest BCUT2D eigenvalue weighted by molar-refractivity contribution is -0.178. The lowest BCUT2D eigenvalue weighted by Gasteiger charge is -2.46. The molecule has 20 heavy (non-hydrogen) atoms. The van der Waals surface area contributed by atoms with Gasteiger partial charge in [-0.15, -0.1) is 0 Å². The molecule has 0 bridgehead atoms. The summed E-state index contributed by atoms with van der Waals surface area (Å²) >= 11 is 0. The number of esters is 2. The van der Waals surface area contributed by atoms with Crippen molar-refractivity contribution in [2.45, 2.75) is 27.2 Å². The van der Waals surface area contributed by atoms with Gasteiger partial charge in [-0.05, 0) is 26.2 Å². The Bertz CT molecular complexity index is 455. The monoisotopic (exact) mass is 284 g/mol. The first kappa shape index (κ1) is 16.2. The van der Waals surface area contributed by atoms with Crippen molar-refractivity contribution in [3.05, 3.63) is 12.2 Å². The molecule has 0 radical (unpaired) electrons. The topological polar surface area (TPSA) is 78.9 Å². The van der Waals surface area contributed by atoms with Crippen LogP contribution in [0.2, 0.25) is 0 Å². The second kappa shape index (κ2) is 5.64. The Morgan fingerprint density at radius 3 is 2.20 bits per heavy atom. The average Bonchev–Trinajstić information content (AvgIpc) is 2.43. The first-order valence-electron chi connectivity index (χ1n) is 6.29. The number of carbonyl (C=O) groups excluding carboxylic acids is 3. The van der Waals surface area contributed by atoms with Crippen molar-refractivity contribution in [1.82, 2.24) is 0 Å². The highest BCUT2D eigenvalue weighted by molar-refractivity contribution is 5.92. The summed E-state index contributed by atoms with van der Waals surface area (Å²) in [5.74, 6) is -1.61. The van der Waals surface area contributed by atoms with Crippen molar-refractivity contribution in [2.75, 3.05) is 14.2 Å². The minimum atomic E-state index is -1.22. The van der Waals surface area contributed by atoms with Crippen LogP contribution in [0.15, 0.2) is 12.2 Å². The first-order valence-corrected chi connectivity index (χ1v) is 6.29. The Hall–Kier alpha value is -1.85. The van der Waals surface area contributed by atoms with Crippen LogP contribution in [-0.2, 0) is 23.8 Å². The zero-order chi connectivity index (χ0) is 15.6. The molecule has 0 aromatic heterocycles. The highest BCUT2D eigenvalue weighted by Gasteiger charge is 2.60. The van der Waals surface area contributed by atoms with E-state index in [9.17, 15) is 14.4 Å². The van der Waals surface area contributed by atoms with E-state index in [2.05, 4.69) is 9.47 Å². The number of ether oxygens (including phenoxy) is 3. The predicted octanol–water partition coefficient (Wildman–Crippen LogP) is 2.08. The Kier molecular flexibility index (Phi) is 4.57. The van der Waals surface area contributed by atoms with Gasteiger partial charge >= 0.3 is 18.1 Å². The fourth-order valence-electron chi connectivity index (χ4n) is 2.57. The van der Waals surface area contributed by atoms with E-state index in [1.165, 1.54) is 7.11 Å². The Morgan fingerprint density at radius 2 is 1.70 bits per heavy atom. The fourth-order valence-corrected chi connectivity index (χ4v) is 2.57. The number of methoxy groups -OCH3 is 2. The number of carbonyl (C=O) groups is 3. The van der Waals surface area contributed by atoms with Crippen molar-refractivity contribution in [3.63, 3.8) is 0 Å². The van der Waals surface area contributed by atoms with Crippen LogP contribution >= 0.6 is 0 Å². The van der Waals surface area contributed by atoms with Gasteiger partial charge in [-0.3, -0.25) is 9.59 Å². The van der Waals surface area contributed by atoms with Gasteiger partial charge in [-0.25, -0.2) is 4.79 Å². The molecule has 3 unspecified atom stereocenters. The van der Waals surface area contributed by atoms with E-state index in [1.54, 1.807) is 20.8 Å². The molecule has 1 aliphatic rings. The summed E-state index contributed by atoms with van der Waals surface area (Å²) in [5.41, 5.74) is -2.33. The molecule has 0 aliphatic heterocycles. The van der Waals surface area contributed by atoms with Crippen LogP contribution in [-0.4, -0.2) is 32.3 Å². The summed E-state index contributed by atoms with van der Waals surface area (Å²) < 4.78 is 13.8. The molecule has 0 fully saturated rings. The molecule has 0 heterocycles. The largest absolute Gasteiger partial charge is 0.515 e. The van der Waals surface area contributed by atoms with Crippen LogP contribution in [0.25, 0.3) is 0 Å². The maximum Gasteiger partial charge on any atom is 0.515 e. The molecule has 0 aromatic carbocycles. The van der Waals surface area contributed by atoms with Gasteiger partial charge in [0, 0.05) is 0 Å². The van der Waals surface area contributed by atoms with E-state index < -0.39 is 28.9 Å². The highest BCUT2D eigenvalue weighted by Crippen LogP contribution is 2.52. The van der Waals surface area contributed by atoms with E-state index in [1.807, 2.05) is 12.2 Å². The summed E-state index contributed by atoms with van der Waals surface area (Å²) in [4.78, 5) is 35.7. The number of hydrogen-bond acceptors (Lipinski definition) is 6. The van der Waals surface area contributed by atoms with Crippen molar-refractivity contribution in [3.8, 4) is 0 Å². The van der Waals surface area contributed by atoms with Crippen LogP contribution in [0.4, 0.5) is 4.79 Å². The zero-order valence-electron chi connectivity index (χ0n) is 12.4. The van der Waals surface area contributed by atoms with Crippen molar-refractivity contribution >= 4 is 18.1 Å². The smallest absolute Gasteiger partial charge is 0.469 e. The lowest BCUT2D eigenvalue weighted by Crippen LogP contribution is -2.55. The third-order valence-electron chi connectivity index (χ3n) is 4.41. The summed E-state index contributed by atoms with van der Waals surface area (Å²) in [7, 11) is 2.38. The zero-order valence-corrected chi connectivity index (χ0v) is 12.4. The van der Waals surface area contributed by atoms with Gasteiger partial charge in [0.25, 0.3) is 0 Å². The quantitative estimate of drug-likeness (QED) is 0.439. The molecular weight excluding hydrogens is 264 g/mol. The van der Waals surface area contributed by atoms with Gasteiger partial charge in [0.1, 0.15) is 0 Å². The van der Waals surface area contributed by atoms with Crippen LogP contribution in [0.5, 0.6) is 0 Å². The fraction of sp³-hybridized carbons (Fsp3) is 0.643. The van der Waals surface area contributed by atoms with Crippen LogP contribution in [0, 0.1) is 16.7 Å². The SMILES string of the molecule is COC(=O)OC(=O)C1(C)C(C)C=CCC1(C)C(=O)OC. The normalized spacial score (nSPS) is 32.4. The molecule has 0 spiro atoms. The Labute approximate surface area is 118 Å². The van der Waals surface area contributed by atoms with Gasteiger partial charge in [0.2, 0.25) is 0 Å². The maximum absolute atomic E-state index is 12.4. The molecule has 0 saturated carbocycles. The van der Waals surface area contributed by atoms with Crippen molar-refractivity contribution < 1.29 is 28.6 Å². The van der Waals surface area contributed by atoms with Gasteiger partial charge in [-0.1, -0.05) is 19.1 Å². The summed E-state index contributed by atoms with van der Waals surface area (Å²) in [6.45, 7) is 5.02. The van der Waals surface area contributed by atoms with E-state index in [0.717, 1.165) is 7.11 Å².